The summed E-state index contributed by atoms with van der Waals surface area (Å²) in [5.41, 5.74) is 5.11. The highest BCUT2D eigenvalue weighted by Crippen LogP contribution is 2.30. The molecule has 1 aromatic carbocycles. The van der Waals surface area contributed by atoms with Gasteiger partial charge in [-0.3, -0.25) is 19.9 Å². The van der Waals surface area contributed by atoms with E-state index in [1.165, 1.54) is 24.3 Å². The van der Waals surface area contributed by atoms with Crippen molar-refractivity contribution in [1.82, 2.24) is 4.98 Å². The van der Waals surface area contributed by atoms with Crippen LogP contribution >= 0.6 is 0 Å². The Kier molecular flexibility index (Phi) is 6.22. The molecule has 1 aromatic heterocycles. The molecule has 0 bridgehead atoms. The SMILES string of the molecule is N=C(N)c1ccc(NC(=O)[C@H](O)C2OCCN(c3ccc(C(F)(F)F)cn3)C2=O)cc1. The van der Waals surface area contributed by atoms with Crippen LogP contribution in [0.4, 0.5) is 24.7 Å². The Hall–Kier alpha value is -3.51. The number of carbonyl (C=O) groups is 2. The molecular formula is C19H18F3N5O4. The second kappa shape index (κ2) is 8.70. The van der Waals surface area contributed by atoms with Gasteiger partial charge in [0, 0.05) is 17.4 Å². The Balaban J connectivity index is 1.69. The van der Waals surface area contributed by atoms with Crippen molar-refractivity contribution in [3.63, 3.8) is 0 Å². The van der Waals surface area contributed by atoms with Crippen LogP contribution < -0.4 is 16.0 Å². The summed E-state index contributed by atoms with van der Waals surface area (Å²) in [7, 11) is 0. The highest BCUT2D eigenvalue weighted by Gasteiger charge is 2.40. The van der Waals surface area contributed by atoms with E-state index in [9.17, 15) is 27.9 Å². The second-order valence-electron chi connectivity index (χ2n) is 6.61. The number of aliphatic hydroxyl groups is 1. The lowest BCUT2D eigenvalue weighted by Crippen LogP contribution is -2.55. The minimum Gasteiger partial charge on any atom is -0.384 e. The van der Waals surface area contributed by atoms with E-state index in [1.54, 1.807) is 0 Å². The van der Waals surface area contributed by atoms with Gasteiger partial charge in [-0.1, -0.05) is 0 Å². The standard InChI is InChI=1S/C19H18F3N5O4/c20-19(21,22)11-3-6-13(25-9-11)27-7-8-31-15(18(27)30)14(28)17(29)26-12-4-1-10(2-5-12)16(23)24/h1-6,9,14-15,28H,7-8H2,(H3,23,24)(H,26,29)/t14-,15?/m1/s1. The molecule has 9 nitrogen and oxygen atoms in total. The molecule has 0 spiro atoms. The third-order valence-corrected chi connectivity index (χ3v) is 4.49. The number of pyridine rings is 1. The lowest BCUT2D eigenvalue weighted by molar-refractivity contribution is -0.150. The highest BCUT2D eigenvalue weighted by molar-refractivity contribution is 6.03. The first kappa shape index (κ1) is 22.2. The molecule has 12 heteroatoms. The lowest BCUT2D eigenvalue weighted by atomic mass is 10.1. The number of nitrogens with two attached hydrogens (primary N) is 1. The van der Waals surface area contributed by atoms with Gasteiger partial charge < -0.3 is 20.9 Å². The number of nitrogens with one attached hydrogen (secondary N) is 2. The number of hydrogen-bond acceptors (Lipinski definition) is 6. The number of amidine groups is 1. The van der Waals surface area contributed by atoms with E-state index >= 15 is 0 Å². The van der Waals surface area contributed by atoms with Gasteiger partial charge in [0.05, 0.1) is 18.7 Å². The third-order valence-electron chi connectivity index (χ3n) is 4.49. The van der Waals surface area contributed by atoms with E-state index in [4.69, 9.17) is 15.9 Å². The van der Waals surface area contributed by atoms with Crippen molar-refractivity contribution in [2.45, 2.75) is 18.4 Å². The summed E-state index contributed by atoms with van der Waals surface area (Å²) in [6.45, 7) is -0.0642. The van der Waals surface area contributed by atoms with E-state index in [1.807, 2.05) is 0 Å². The number of hydrogen-bond donors (Lipinski definition) is 4. The van der Waals surface area contributed by atoms with Crippen LogP contribution in [0.2, 0.25) is 0 Å². The summed E-state index contributed by atoms with van der Waals surface area (Å²) in [6, 6.07) is 7.72. The number of rotatable bonds is 5. The van der Waals surface area contributed by atoms with Gasteiger partial charge in [0.1, 0.15) is 11.7 Å². The number of nitrogen functional groups attached to an aromatic ring is 1. The second-order valence-corrected chi connectivity index (χ2v) is 6.61. The van der Waals surface area contributed by atoms with Crippen molar-refractivity contribution in [1.29, 1.82) is 5.41 Å². The number of halogens is 3. The van der Waals surface area contributed by atoms with Crippen LogP contribution in [0.15, 0.2) is 42.6 Å². The molecule has 5 N–H and O–H groups in total. The molecule has 2 heterocycles. The van der Waals surface area contributed by atoms with Crippen molar-refractivity contribution in [3.05, 3.63) is 53.7 Å². The molecule has 31 heavy (non-hydrogen) atoms. The fourth-order valence-electron chi connectivity index (χ4n) is 2.86. The number of nitrogens with zero attached hydrogens (tertiary/aromatic N) is 2. The first-order valence-corrected chi connectivity index (χ1v) is 8.97. The number of benzene rings is 1. The maximum absolute atomic E-state index is 12.7. The Labute approximate surface area is 174 Å². The molecule has 1 unspecified atom stereocenters. The zero-order chi connectivity index (χ0) is 22.8. The highest BCUT2D eigenvalue weighted by atomic mass is 19.4. The fourth-order valence-corrected chi connectivity index (χ4v) is 2.86. The maximum atomic E-state index is 12.7. The summed E-state index contributed by atoms with van der Waals surface area (Å²) in [4.78, 5) is 29.8. The van der Waals surface area contributed by atoms with Crippen molar-refractivity contribution >= 4 is 29.2 Å². The molecule has 0 saturated carbocycles. The van der Waals surface area contributed by atoms with Crippen LogP contribution in [-0.2, 0) is 20.5 Å². The lowest BCUT2D eigenvalue weighted by Gasteiger charge is -2.33. The van der Waals surface area contributed by atoms with E-state index in [0.29, 0.717) is 17.4 Å². The zero-order valence-corrected chi connectivity index (χ0v) is 15.9. The molecule has 2 amide bonds. The minimum absolute atomic E-state index is 0.00541. The average molecular weight is 437 g/mol. The summed E-state index contributed by atoms with van der Waals surface area (Å²) in [6.07, 6.45) is -7.41. The van der Waals surface area contributed by atoms with E-state index in [-0.39, 0.29) is 24.8 Å². The minimum atomic E-state index is -4.57. The number of alkyl halides is 3. The molecule has 0 radical (unpaired) electrons. The predicted octanol–water partition coefficient (Wildman–Crippen LogP) is 1.12. The van der Waals surface area contributed by atoms with Gasteiger partial charge in [0.15, 0.2) is 12.2 Å². The monoisotopic (exact) mass is 437 g/mol. The molecule has 164 valence electrons. The Morgan fingerprint density at radius 3 is 2.52 bits per heavy atom. The largest absolute Gasteiger partial charge is 0.417 e. The van der Waals surface area contributed by atoms with Crippen LogP contribution in [0.1, 0.15) is 11.1 Å². The molecule has 2 aromatic rings. The van der Waals surface area contributed by atoms with Gasteiger partial charge in [-0.25, -0.2) is 4.98 Å². The number of amides is 2. The van der Waals surface area contributed by atoms with Crippen LogP contribution in [-0.4, -0.2) is 53.1 Å². The molecule has 1 saturated heterocycles. The Bertz CT molecular complexity index is 980. The van der Waals surface area contributed by atoms with Gasteiger partial charge in [0.25, 0.3) is 11.8 Å². The first-order chi connectivity index (χ1) is 14.6. The normalized spacial score (nSPS) is 17.9. The van der Waals surface area contributed by atoms with Gasteiger partial charge in [-0.15, -0.1) is 0 Å². The van der Waals surface area contributed by atoms with E-state index < -0.39 is 35.8 Å². The summed E-state index contributed by atoms with van der Waals surface area (Å²) >= 11 is 0. The molecule has 1 aliphatic rings. The van der Waals surface area contributed by atoms with Gasteiger partial charge in [-0.05, 0) is 36.4 Å². The number of anilines is 2. The number of carbonyl (C=O) groups excluding carboxylic acids is 2. The van der Waals surface area contributed by atoms with Crippen molar-refractivity contribution in [2.75, 3.05) is 23.4 Å². The van der Waals surface area contributed by atoms with Crippen LogP contribution in [0, 0.1) is 5.41 Å². The smallest absolute Gasteiger partial charge is 0.384 e. The van der Waals surface area contributed by atoms with E-state index in [2.05, 4.69) is 10.3 Å². The molecule has 0 aliphatic carbocycles. The Morgan fingerprint density at radius 2 is 1.97 bits per heavy atom. The van der Waals surface area contributed by atoms with E-state index in [0.717, 1.165) is 17.0 Å². The molecular weight excluding hydrogens is 419 g/mol. The van der Waals surface area contributed by atoms with Gasteiger partial charge >= 0.3 is 6.18 Å². The maximum Gasteiger partial charge on any atom is 0.417 e. The number of aliphatic hydroxyl groups excluding tert-OH is 1. The number of ether oxygens (including phenoxy) is 1. The number of morpholine rings is 1. The fraction of sp³-hybridized carbons (Fsp3) is 0.263. The summed E-state index contributed by atoms with van der Waals surface area (Å²) < 4.78 is 43.3. The first-order valence-electron chi connectivity index (χ1n) is 8.97. The topological polar surface area (TPSA) is 142 Å². The number of aromatic nitrogens is 1. The van der Waals surface area contributed by atoms with Crippen LogP contribution in [0.25, 0.3) is 0 Å². The average Bonchev–Trinajstić information content (AvgIpc) is 2.73. The van der Waals surface area contributed by atoms with Crippen LogP contribution in [0.3, 0.4) is 0 Å². The van der Waals surface area contributed by atoms with Gasteiger partial charge in [-0.2, -0.15) is 13.2 Å². The van der Waals surface area contributed by atoms with Crippen molar-refractivity contribution in [2.24, 2.45) is 5.73 Å². The van der Waals surface area contributed by atoms with Crippen molar-refractivity contribution in [3.8, 4) is 0 Å². The quantitative estimate of drug-likeness (QED) is 0.408. The molecule has 3 rings (SSSR count). The van der Waals surface area contributed by atoms with Crippen molar-refractivity contribution < 1.29 is 32.6 Å². The summed E-state index contributed by atoms with van der Waals surface area (Å²) in [5, 5.41) is 20.1. The molecule has 1 aliphatic heterocycles. The van der Waals surface area contributed by atoms with Crippen LogP contribution in [0.5, 0.6) is 0 Å². The summed E-state index contributed by atoms with van der Waals surface area (Å²) in [5.74, 6) is -1.95. The van der Waals surface area contributed by atoms with Gasteiger partial charge in [0.2, 0.25) is 0 Å². The zero-order valence-electron chi connectivity index (χ0n) is 15.9. The predicted molar refractivity (Wildman–Crippen MR) is 103 cm³/mol. The third kappa shape index (κ3) is 4.98. The molecule has 1 fully saturated rings. The Morgan fingerprint density at radius 1 is 1.29 bits per heavy atom. The molecule has 2 atom stereocenters.